The van der Waals surface area contributed by atoms with Crippen molar-refractivity contribution in [2.75, 3.05) is 6.54 Å². The zero-order valence-corrected chi connectivity index (χ0v) is 7.49. The van der Waals surface area contributed by atoms with Gasteiger partial charge in [0.05, 0.1) is 0 Å². The second-order valence-corrected chi connectivity index (χ2v) is 2.87. The van der Waals surface area contributed by atoms with E-state index in [1.807, 2.05) is 30.3 Å². The maximum atomic E-state index is 10.2. The van der Waals surface area contributed by atoms with Crippen molar-refractivity contribution in [3.05, 3.63) is 48.0 Å². The summed E-state index contributed by atoms with van der Waals surface area (Å²) in [5, 5.41) is 3.12. The summed E-state index contributed by atoms with van der Waals surface area (Å²) in [7, 11) is 0. The van der Waals surface area contributed by atoms with E-state index in [-0.39, 0.29) is 0 Å². The van der Waals surface area contributed by atoms with Crippen LogP contribution in [0.15, 0.2) is 42.5 Å². The molecule has 13 heavy (non-hydrogen) atoms. The van der Waals surface area contributed by atoms with Crippen molar-refractivity contribution in [1.82, 2.24) is 5.32 Å². The normalized spacial score (nSPS) is 9.54. The smallest absolute Gasteiger partial charge is 0.146 e. The lowest BCUT2D eigenvalue weighted by Crippen LogP contribution is -2.16. The fraction of sp³-hybridized carbons (Fsp3) is 0.182. The average molecular weight is 175 g/mol. The minimum Gasteiger partial charge on any atom is -0.309 e. The second kappa shape index (κ2) is 5.27. The monoisotopic (exact) mass is 175 g/mol. The zero-order valence-electron chi connectivity index (χ0n) is 7.49. The predicted molar refractivity (Wildman–Crippen MR) is 53.4 cm³/mol. The largest absolute Gasteiger partial charge is 0.309 e. The highest BCUT2D eigenvalue weighted by molar-refractivity contribution is 5.72. The Morgan fingerprint density at radius 3 is 2.69 bits per heavy atom. The first-order chi connectivity index (χ1) is 6.33. The van der Waals surface area contributed by atoms with Gasteiger partial charge >= 0.3 is 0 Å². The van der Waals surface area contributed by atoms with E-state index < -0.39 is 0 Å². The molecule has 2 nitrogen and oxygen atoms in total. The zero-order chi connectivity index (χ0) is 9.52. The number of carbonyl (C=O) groups is 1. The highest BCUT2D eigenvalue weighted by Crippen LogP contribution is 1.97. The number of hydrogen-bond acceptors (Lipinski definition) is 2. The number of rotatable bonds is 5. The van der Waals surface area contributed by atoms with Crippen molar-refractivity contribution >= 4 is 6.29 Å². The average Bonchev–Trinajstić information content (AvgIpc) is 2.19. The summed E-state index contributed by atoms with van der Waals surface area (Å²) in [6.45, 7) is 4.90. The minimum atomic E-state index is 0.554. The van der Waals surface area contributed by atoms with E-state index >= 15 is 0 Å². The van der Waals surface area contributed by atoms with Gasteiger partial charge in [0.2, 0.25) is 0 Å². The van der Waals surface area contributed by atoms with Gasteiger partial charge in [-0.1, -0.05) is 36.9 Å². The summed E-state index contributed by atoms with van der Waals surface area (Å²) in [5.74, 6) is 0. The highest BCUT2D eigenvalue weighted by atomic mass is 16.1. The summed E-state index contributed by atoms with van der Waals surface area (Å²) < 4.78 is 0. The molecule has 0 unspecified atom stereocenters. The second-order valence-electron chi connectivity index (χ2n) is 2.87. The summed E-state index contributed by atoms with van der Waals surface area (Å²) in [4.78, 5) is 10.2. The van der Waals surface area contributed by atoms with Gasteiger partial charge in [0.1, 0.15) is 6.29 Å². The van der Waals surface area contributed by atoms with Crippen molar-refractivity contribution in [1.29, 1.82) is 0 Å². The van der Waals surface area contributed by atoms with Crippen molar-refractivity contribution in [3.63, 3.8) is 0 Å². The van der Waals surface area contributed by atoms with Gasteiger partial charge in [-0.15, -0.1) is 0 Å². The van der Waals surface area contributed by atoms with E-state index in [4.69, 9.17) is 0 Å². The Labute approximate surface area is 78.3 Å². The first-order valence-electron chi connectivity index (χ1n) is 4.20. The first-order valence-corrected chi connectivity index (χ1v) is 4.20. The van der Waals surface area contributed by atoms with Gasteiger partial charge in [-0.2, -0.15) is 0 Å². The number of aldehydes is 1. The molecule has 68 valence electrons. The highest BCUT2D eigenvalue weighted by Gasteiger charge is 1.92. The third-order valence-corrected chi connectivity index (χ3v) is 1.69. The van der Waals surface area contributed by atoms with Crippen LogP contribution in [0.1, 0.15) is 5.56 Å². The van der Waals surface area contributed by atoms with Crippen molar-refractivity contribution in [3.8, 4) is 0 Å². The molecule has 0 amide bonds. The third-order valence-electron chi connectivity index (χ3n) is 1.69. The predicted octanol–water partition coefficient (Wildman–Crippen LogP) is 1.53. The van der Waals surface area contributed by atoms with E-state index in [1.54, 1.807) is 0 Å². The molecule has 0 spiro atoms. The molecule has 1 aromatic rings. The Morgan fingerprint density at radius 2 is 2.08 bits per heavy atom. The summed E-state index contributed by atoms with van der Waals surface area (Å²) in [6.07, 6.45) is 0.776. The van der Waals surface area contributed by atoms with Gasteiger partial charge in [0.15, 0.2) is 0 Å². The van der Waals surface area contributed by atoms with Crippen LogP contribution in [0.3, 0.4) is 0 Å². The van der Waals surface area contributed by atoms with Crippen LogP contribution in [0.25, 0.3) is 0 Å². The molecule has 0 saturated carbocycles. The number of carbonyl (C=O) groups excluding carboxylic acids is 1. The van der Waals surface area contributed by atoms with E-state index in [9.17, 15) is 4.79 Å². The topological polar surface area (TPSA) is 29.1 Å². The molecule has 0 aliphatic carbocycles. The molecule has 0 saturated heterocycles. The van der Waals surface area contributed by atoms with Crippen LogP contribution in [-0.4, -0.2) is 12.8 Å². The summed E-state index contributed by atoms with van der Waals surface area (Å²) in [5.41, 5.74) is 1.79. The van der Waals surface area contributed by atoms with E-state index in [0.29, 0.717) is 12.1 Å². The molecule has 1 rings (SSSR count). The quantitative estimate of drug-likeness (QED) is 0.543. The van der Waals surface area contributed by atoms with Gasteiger partial charge in [0.25, 0.3) is 0 Å². The molecule has 0 bridgehead atoms. The Balaban J connectivity index is 2.28. The Kier molecular flexibility index (Phi) is 3.93. The molecule has 0 aliphatic heterocycles. The van der Waals surface area contributed by atoms with Crippen LogP contribution in [0, 0.1) is 0 Å². The van der Waals surface area contributed by atoms with Gasteiger partial charge in [-0.25, -0.2) is 0 Å². The molecular weight excluding hydrogens is 162 g/mol. The van der Waals surface area contributed by atoms with Crippen LogP contribution >= 0.6 is 0 Å². The third kappa shape index (κ3) is 3.67. The number of benzene rings is 1. The molecule has 0 aromatic heterocycles. The lowest BCUT2D eigenvalue weighted by atomic mass is 10.2. The van der Waals surface area contributed by atoms with E-state index in [0.717, 1.165) is 12.8 Å². The molecule has 0 aliphatic rings. The molecule has 1 aromatic carbocycles. The number of nitrogens with one attached hydrogen (secondary N) is 1. The molecule has 0 atom stereocenters. The molecule has 2 heteroatoms. The summed E-state index contributed by atoms with van der Waals surface area (Å²) >= 11 is 0. The van der Waals surface area contributed by atoms with Crippen LogP contribution < -0.4 is 5.32 Å². The van der Waals surface area contributed by atoms with Crippen molar-refractivity contribution in [2.45, 2.75) is 6.54 Å². The lowest BCUT2D eigenvalue weighted by molar-refractivity contribution is -0.104. The van der Waals surface area contributed by atoms with E-state index in [2.05, 4.69) is 11.9 Å². The van der Waals surface area contributed by atoms with Crippen LogP contribution in [0.4, 0.5) is 0 Å². The van der Waals surface area contributed by atoms with Crippen LogP contribution in [-0.2, 0) is 11.3 Å². The molecule has 0 fully saturated rings. The van der Waals surface area contributed by atoms with E-state index in [1.165, 1.54) is 5.56 Å². The maximum Gasteiger partial charge on any atom is 0.146 e. The van der Waals surface area contributed by atoms with Crippen molar-refractivity contribution < 1.29 is 4.79 Å². The lowest BCUT2D eigenvalue weighted by Gasteiger charge is -2.02. The molecule has 0 radical (unpaired) electrons. The fourth-order valence-electron chi connectivity index (χ4n) is 1.00. The maximum absolute atomic E-state index is 10.2. The van der Waals surface area contributed by atoms with Gasteiger partial charge < -0.3 is 5.32 Å². The standard InChI is InChI=1S/C11H13NO/c1-10(9-13)7-12-8-11-5-3-2-4-6-11/h2-6,9,12H,1,7-8H2. The fourth-order valence-corrected chi connectivity index (χ4v) is 1.00. The van der Waals surface area contributed by atoms with Crippen LogP contribution in [0.2, 0.25) is 0 Å². The number of hydrogen-bond donors (Lipinski definition) is 1. The Bertz CT molecular complexity index is 279. The molecule has 0 heterocycles. The SMILES string of the molecule is C=C(C=O)CNCc1ccccc1. The Hall–Kier alpha value is -1.41. The first kappa shape index (κ1) is 9.68. The van der Waals surface area contributed by atoms with Crippen molar-refractivity contribution in [2.24, 2.45) is 0 Å². The van der Waals surface area contributed by atoms with Gasteiger partial charge in [-0.05, 0) is 11.1 Å². The summed E-state index contributed by atoms with van der Waals surface area (Å²) in [6, 6.07) is 10.0. The van der Waals surface area contributed by atoms with Crippen LogP contribution in [0.5, 0.6) is 0 Å². The minimum absolute atomic E-state index is 0.554. The van der Waals surface area contributed by atoms with Gasteiger partial charge in [-0.3, -0.25) is 4.79 Å². The molecule has 1 N–H and O–H groups in total. The Morgan fingerprint density at radius 1 is 1.38 bits per heavy atom. The van der Waals surface area contributed by atoms with Gasteiger partial charge in [0, 0.05) is 13.1 Å². The molecular formula is C11H13NO.